The molecule has 0 spiro atoms. The van der Waals surface area contributed by atoms with Gasteiger partial charge in [0, 0.05) is 19.5 Å². The number of hydrogen-bond acceptors (Lipinski definition) is 4. The highest BCUT2D eigenvalue weighted by Gasteiger charge is 2.31. The highest BCUT2D eigenvalue weighted by Crippen LogP contribution is 2.34. The predicted molar refractivity (Wildman–Crippen MR) is 101 cm³/mol. The van der Waals surface area contributed by atoms with E-state index in [-0.39, 0.29) is 36.1 Å². The Balaban J connectivity index is 1.69. The Morgan fingerprint density at radius 1 is 1.18 bits per heavy atom. The second-order valence-electron chi connectivity index (χ2n) is 8.53. The van der Waals surface area contributed by atoms with E-state index < -0.39 is 11.5 Å². The van der Waals surface area contributed by atoms with Gasteiger partial charge in [-0.05, 0) is 63.1 Å². The van der Waals surface area contributed by atoms with Crippen LogP contribution in [0, 0.1) is 5.82 Å². The topological polar surface area (TPSA) is 75.7 Å². The van der Waals surface area contributed by atoms with Crippen LogP contribution in [-0.4, -0.2) is 41.5 Å². The molecule has 152 valence electrons. The lowest BCUT2D eigenvalue weighted by Gasteiger charge is -2.34. The summed E-state index contributed by atoms with van der Waals surface area (Å²) in [6.45, 7) is 6.48. The van der Waals surface area contributed by atoms with Gasteiger partial charge in [0.1, 0.15) is 11.4 Å². The molecule has 3 rings (SSSR count). The molecule has 2 fully saturated rings. The van der Waals surface area contributed by atoms with E-state index in [9.17, 15) is 18.8 Å². The summed E-state index contributed by atoms with van der Waals surface area (Å²) in [5.41, 5.74) is 0.762. The second-order valence-corrected chi connectivity index (χ2v) is 8.53. The van der Waals surface area contributed by atoms with E-state index >= 15 is 0 Å². The molecule has 1 aromatic carbocycles. The molecule has 28 heavy (non-hydrogen) atoms. The Kier molecular flexibility index (Phi) is 5.72. The molecule has 1 unspecified atom stereocenters. The normalized spacial score (nSPS) is 21.4. The van der Waals surface area contributed by atoms with Gasteiger partial charge in [-0.25, -0.2) is 9.18 Å². The smallest absolute Gasteiger partial charge is 0.410 e. The molecular weight excluding hydrogens is 363 g/mol. The fourth-order valence-electron chi connectivity index (χ4n) is 3.80. The molecule has 2 aliphatic heterocycles. The SMILES string of the molecule is CC(C)(C)OC(=O)N1CCC(c2cc(C3CCC(=O)NC3=O)ccc2F)CC1. The molecule has 1 N–H and O–H groups in total. The number of hydrogen-bond donors (Lipinski definition) is 1. The summed E-state index contributed by atoms with van der Waals surface area (Å²) in [7, 11) is 0. The highest BCUT2D eigenvalue weighted by atomic mass is 19.1. The van der Waals surface area contributed by atoms with Gasteiger partial charge in [0.2, 0.25) is 11.8 Å². The minimum Gasteiger partial charge on any atom is -0.444 e. The van der Waals surface area contributed by atoms with Crippen molar-refractivity contribution in [3.05, 3.63) is 35.1 Å². The van der Waals surface area contributed by atoms with Gasteiger partial charge in [0.15, 0.2) is 0 Å². The molecule has 0 aromatic heterocycles. The number of nitrogens with one attached hydrogen (secondary N) is 1. The van der Waals surface area contributed by atoms with E-state index in [1.807, 2.05) is 20.8 Å². The first kappa shape index (κ1) is 20.3. The number of benzene rings is 1. The zero-order valence-corrected chi connectivity index (χ0v) is 16.6. The third kappa shape index (κ3) is 4.69. The summed E-state index contributed by atoms with van der Waals surface area (Å²) >= 11 is 0. The zero-order chi connectivity index (χ0) is 20.5. The Labute approximate surface area is 164 Å². The van der Waals surface area contributed by atoms with Crippen LogP contribution in [0.4, 0.5) is 9.18 Å². The monoisotopic (exact) mass is 390 g/mol. The lowest BCUT2D eigenvalue weighted by atomic mass is 9.84. The quantitative estimate of drug-likeness (QED) is 0.785. The number of nitrogens with zero attached hydrogens (tertiary/aromatic N) is 1. The van der Waals surface area contributed by atoms with Crippen LogP contribution in [0.1, 0.15) is 69.4 Å². The zero-order valence-electron chi connectivity index (χ0n) is 16.6. The Bertz CT molecular complexity index is 779. The van der Waals surface area contributed by atoms with Gasteiger partial charge >= 0.3 is 6.09 Å². The van der Waals surface area contributed by atoms with Gasteiger partial charge in [-0.3, -0.25) is 14.9 Å². The van der Waals surface area contributed by atoms with Crippen LogP contribution >= 0.6 is 0 Å². The molecule has 2 saturated heterocycles. The number of likely N-dealkylation sites (tertiary alicyclic amines) is 1. The maximum absolute atomic E-state index is 14.5. The van der Waals surface area contributed by atoms with E-state index in [0.29, 0.717) is 37.9 Å². The van der Waals surface area contributed by atoms with E-state index in [4.69, 9.17) is 4.74 Å². The molecule has 2 heterocycles. The molecule has 2 aliphatic rings. The van der Waals surface area contributed by atoms with Gasteiger partial charge in [0.05, 0.1) is 5.92 Å². The van der Waals surface area contributed by atoms with Crippen molar-refractivity contribution in [1.29, 1.82) is 0 Å². The molecule has 7 heteroatoms. The van der Waals surface area contributed by atoms with Gasteiger partial charge in [0.25, 0.3) is 0 Å². The number of amides is 3. The average Bonchev–Trinajstić information content (AvgIpc) is 2.61. The second kappa shape index (κ2) is 7.89. The summed E-state index contributed by atoms with van der Waals surface area (Å²) < 4.78 is 19.9. The van der Waals surface area contributed by atoms with Gasteiger partial charge in [-0.1, -0.05) is 12.1 Å². The molecule has 0 bridgehead atoms. The summed E-state index contributed by atoms with van der Waals surface area (Å²) in [5, 5.41) is 2.35. The van der Waals surface area contributed by atoms with Crippen LogP contribution in [-0.2, 0) is 14.3 Å². The number of piperidine rings is 2. The van der Waals surface area contributed by atoms with Crippen molar-refractivity contribution < 1.29 is 23.5 Å². The van der Waals surface area contributed by atoms with Crippen LogP contribution in [0.2, 0.25) is 0 Å². The Hall–Kier alpha value is -2.44. The summed E-state index contributed by atoms with van der Waals surface area (Å²) in [6.07, 6.45) is 1.65. The van der Waals surface area contributed by atoms with Gasteiger partial charge in [-0.15, -0.1) is 0 Å². The van der Waals surface area contributed by atoms with Crippen molar-refractivity contribution in [1.82, 2.24) is 10.2 Å². The fraction of sp³-hybridized carbons (Fsp3) is 0.571. The van der Waals surface area contributed by atoms with Gasteiger partial charge < -0.3 is 9.64 Å². The number of carbonyl (C=O) groups excluding carboxylic acids is 3. The summed E-state index contributed by atoms with van der Waals surface area (Å²) in [5.74, 6) is -1.34. The van der Waals surface area contributed by atoms with Crippen LogP contribution in [0.25, 0.3) is 0 Å². The maximum Gasteiger partial charge on any atom is 0.410 e. The first-order valence-electron chi connectivity index (χ1n) is 9.75. The predicted octanol–water partition coefficient (Wildman–Crippen LogP) is 3.46. The molecular formula is C21H27FN2O4. The highest BCUT2D eigenvalue weighted by molar-refractivity contribution is 6.00. The average molecular weight is 390 g/mol. The fourth-order valence-corrected chi connectivity index (χ4v) is 3.80. The number of ether oxygens (including phenoxy) is 1. The lowest BCUT2D eigenvalue weighted by Crippen LogP contribution is -2.41. The molecule has 1 atom stereocenters. The Morgan fingerprint density at radius 2 is 1.86 bits per heavy atom. The van der Waals surface area contributed by atoms with Crippen LogP contribution in [0.5, 0.6) is 0 Å². The molecule has 1 aromatic rings. The molecule has 0 saturated carbocycles. The van der Waals surface area contributed by atoms with Crippen molar-refractivity contribution in [2.24, 2.45) is 0 Å². The van der Waals surface area contributed by atoms with Crippen LogP contribution in [0.3, 0.4) is 0 Å². The summed E-state index contributed by atoms with van der Waals surface area (Å²) in [6, 6.07) is 4.77. The van der Waals surface area contributed by atoms with Crippen LogP contribution < -0.4 is 5.32 Å². The van der Waals surface area contributed by atoms with Crippen molar-refractivity contribution in [2.75, 3.05) is 13.1 Å². The minimum absolute atomic E-state index is 0.0214. The first-order chi connectivity index (χ1) is 13.1. The third-order valence-electron chi connectivity index (χ3n) is 5.25. The first-order valence-corrected chi connectivity index (χ1v) is 9.75. The van der Waals surface area contributed by atoms with E-state index in [1.165, 1.54) is 6.07 Å². The largest absolute Gasteiger partial charge is 0.444 e. The molecule has 6 nitrogen and oxygen atoms in total. The van der Waals surface area contributed by atoms with E-state index in [2.05, 4.69) is 5.32 Å². The van der Waals surface area contributed by atoms with Gasteiger partial charge in [-0.2, -0.15) is 0 Å². The molecule has 3 amide bonds. The number of carbonyl (C=O) groups is 3. The lowest BCUT2D eigenvalue weighted by molar-refractivity contribution is -0.134. The molecule has 0 radical (unpaired) electrons. The van der Waals surface area contributed by atoms with Crippen molar-refractivity contribution >= 4 is 17.9 Å². The minimum atomic E-state index is -0.545. The summed E-state index contributed by atoms with van der Waals surface area (Å²) in [4.78, 5) is 37.3. The van der Waals surface area contributed by atoms with Crippen molar-refractivity contribution in [3.63, 3.8) is 0 Å². The Morgan fingerprint density at radius 3 is 2.46 bits per heavy atom. The van der Waals surface area contributed by atoms with Crippen molar-refractivity contribution in [2.45, 2.75) is 63.9 Å². The number of halogens is 1. The van der Waals surface area contributed by atoms with Crippen molar-refractivity contribution in [3.8, 4) is 0 Å². The number of imide groups is 1. The standard InChI is InChI=1S/C21H27FN2O4/c1-21(2,3)28-20(27)24-10-8-13(9-11-24)16-12-14(4-6-17(16)22)15-5-7-18(25)23-19(15)26/h4,6,12-13,15H,5,7-11H2,1-3H3,(H,23,25,26). The van der Waals surface area contributed by atoms with E-state index in [0.717, 1.165) is 5.56 Å². The van der Waals surface area contributed by atoms with Crippen LogP contribution in [0.15, 0.2) is 18.2 Å². The van der Waals surface area contributed by atoms with E-state index in [1.54, 1.807) is 17.0 Å². The molecule has 0 aliphatic carbocycles. The number of rotatable bonds is 2. The third-order valence-corrected chi connectivity index (χ3v) is 5.25. The maximum atomic E-state index is 14.5.